The van der Waals surface area contributed by atoms with Crippen LogP contribution in [-0.4, -0.2) is 14.1 Å². The first kappa shape index (κ1) is 48.1. The molecular weight excluding hydrogens is 913 g/mol. The molecule has 0 saturated carbocycles. The molecule has 0 saturated heterocycles. The van der Waals surface area contributed by atoms with Crippen molar-refractivity contribution in [2.45, 2.75) is 111 Å². The zero-order valence-corrected chi connectivity index (χ0v) is 45.7. The van der Waals surface area contributed by atoms with E-state index in [0.717, 1.165) is 45.1 Å². The van der Waals surface area contributed by atoms with Gasteiger partial charge in [-0.05, 0) is 126 Å². The first-order valence-corrected chi connectivity index (χ1v) is 26.7. The second-order valence-electron chi connectivity index (χ2n) is 25.0. The van der Waals surface area contributed by atoms with Crippen LogP contribution in [0, 0.1) is 0 Å². The van der Waals surface area contributed by atoms with Crippen LogP contribution in [-0.2, 0) is 28.3 Å². The molecule has 0 unspecified atom stereocenters. The number of aromatic nitrogens is 3. The summed E-state index contributed by atoms with van der Waals surface area (Å²) in [5.74, 6) is 2.42. The molecule has 5 nitrogen and oxygen atoms in total. The fourth-order valence-electron chi connectivity index (χ4n) is 11.4. The maximum absolute atomic E-state index is 6.95. The highest BCUT2D eigenvalue weighted by molar-refractivity contribution is 6.22. The third-order valence-electron chi connectivity index (χ3n) is 15.7. The largest absolute Gasteiger partial charge is 0.457 e. The zero-order chi connectivity index (χ0) is 52.3. The van der Waals surface area contributed by atoms with E-state index in [1.54, 1.807) is 0 Å². The molecule has 0 atom stereocenters. The lowest BCUT2D eigenvalue weighted by Gasteiger charge is -2.27. The summed E-state index contributed by atoms with van der Waals surface area (Å²) in [6.45, 7) is 28.3. The summed E-state index contributed by atoms with van der Waals surface area (Å²) in [6, 6.07) is 65.5. The van der Waals surface area contributed by atoms with Gasteiger partial charge in [0, 0.05) is 51.1 Å². The molecule has 5 heteroatoms. The summed E-state index contributed by atoms with van der Waals surface area (Å²) in [6.07, 6.45) is 1.93. The van der Waals surface area contributed by atoms with E-state index in [4.69, 9.17) is 9.72 Å². The Labute approximate surface area is 442 Å². The van der Waals surface area contributed by atoms with Crippen LogP contribution in [0.5, 0.6) is 11.5 Å². The molecule has 12 rings (SSSR count). The molecule has 4 heterocycles. The van der Waals surface area contributed by atoms with Gasteiger partial charge in [-0.3, -0.25) is 4.57 Å². The highest BCUT2D eigenvalue weighted by Crippen LogP contribution is 2.47. The van der Waals surface area contributed by atoms with Crippen molar-refractivity contribution >= 4 is 76.5 Å². The Balaban J connectivity index is 1.08. The second kappa shape index (κ2) is 17.3. The third-order valence-corrected chi connectivity index (χ3v) is 15.7. The van der Waals surface area contributed by atoms with E-state index in [1.807, 2.05) is 6.20 Å². The van der Waals surface area contributed by atoms with Gasteiger partial charge in [-0.1, -0.05) is 192 Å². The number of ether oxygens (including phenoxy) is 1. The van der Waals surface area contributed by atoms with Crippen molar-refractivity contribution in [2.24, 2.45) is 0 Å². The third kappa shape index (κ3) is 8.38. The maximum Gasteiger partial charge on any atom is 0.137 e. The highest BCUT2D eigenvalue weighted by atomic mass is 16.5. The minimum Gasteiger partial charge on any atom is -0.457 e. The summed E-state index contributed by atoms with van der Waals surface area (Å²) >= 11 is 0. The molecule has 3 aromatic heterocycles. The van der Waals surface area contributed by atoms with Crippen molar-refractivity contribution < 1.29 is 4.74 Å². The van der Waals surface area contributed by atoms with Crippen LogP contribution >= 0.6 is 0 Å². The van der Waals surface area contributed by atoms with Crippen LogP contribution in [0.4, 0.5) is 11.4 Å². The van der Waals surface area contributed by atoms with Crippen molar-refractivity contribution in [3.8, 4) is 28.4 Å². The predicted molar refractivity (Wildman–Crippen MR) is 320 cm³/mol. The molecule has 374 valence electrons. The molecule has 1 aliphatic heterocycles. The Bertz CT molecular complexity index is 4140. The van der Waals surface area contributed by atoms with Crippen LogP contribution in [0.1, 0.15) is 105 Å². The van der Waals surface area contributed by atoms with E-state index in [0.29, 0.717) is 6.67 Å². The first-order chi connectivity index (χ1) is 35.7. The smallest absolute Gasteiger partial charge is 0.137 e. The summed E-state index contributed by atoms with van der Waals surface area (Å²) in [5.41, 5.74) is 14.3. The monoisotopic (exact) mass is 981 g/mol. The molecule has 75 heavy (non-hydrogen) atoms. The summed E-state index contributed by atoms with van der Waals surface area (Å²) in [5, 5.41) is 9.70. The topological polar surface area (TPSA) is 35.2 Å². The maximum atomic E-state index is 6.95. The van der Waals surface area contributed by atoms with Gasteiger partial charge in [-0.25, -0.2) is 4.98 Å². The first-order valence-electron chi connectivity index (χ1n) is 26.7. The van der Waals surface area contributed by atoms with E-state index in [-0.39, 0.29) is 21.7 Å². The highest BCUT2D eigenvalue weighted by Gasteiger charge is 2.28. The minimum atomic E-state index is -0.0492. The second-order valence-corrected chi connectivity index (χ2v) is 25.0. The van der Waals surface area contributed by atoms with Crippen LogP contribution in [0.3, 0.4) is 0 Å². The van der Waals surface area contributed by atoms with Gasteiger partial charge in [-0.15, -0.1) is 0 Å². The number of rotatable bonds is 5. The number of fused-ring (bicyclic) bond motifs is 10. The van der Waals surface area contributed by atoms with Crippen LogP contribution in [0.25, 0.3) is 82.1 Å². The van der Waals surface area contributed by atoms with Gasteiger partial charge in [0.2, 0.25) is 0 Å². The molecule has 0 fully saturated rings. The van der Waals surface area contributed by atoms with Gasteiger partial charge in [0.1, 0.15) is 24.0 Å². The van der Waals surface area contributed by atoms with Gasteiger partial charge in [0.05, 0.1) is 27.8 Å². The van der Waals surface area contributed by atoms with Gasteiger partial charge in [0.25, 0.3) is 0 Å². The van der Waals surface area contributed by atoms with Crippen LogP contribution in [0.15, 0.2) is 182 Å². The van der Waals surface area contributed by atoms with Crippen molar-refractivity contribution in [2.75, 3.05) is 4.90 Å². The number of pyridine rings is 1. The molecule has 0 N–H and O–H groups in total. The van der Waals surface area contributed by atoms with Crippen molar-refractivity contribution in [3.05, 3.63) is 204 Å². The number of hydrogen-bond acceptors (Lipinski definition) is 3. The Hall–Kier alpha value is -7.89. The number of nitrogens with zero attached hydrogens (tertiary/aromatic N) is 4. The van der Waals surface area contributed by atoms with Gasteiger partial charge in [0.15, 0.2) is 0 Å². The Morgan fingerprint density at radius 3 is 1.67 bits per heavy atom. The fourth-order valence-corrected chi connectivity index (χ4v) is 11.4. The molecule has 0 amide bonds. The molecule has 11 aromatic rings. The molecule has 0 radical (unpaired) electrons. The quantitative estimate of drug-likeness (QED) is 0.172. The lowest BCUT2D eigenvalue weighted by Crippen LogP contribution is -2.17. The minimum absolute atomic E-state index is 0.0222. The number of benzene rings is 8. The van der Waals surface area contributed by atoms with E-state index in [2.05, 4.69) is 273 Å². The van der Waals surface area contributed by atoms with Gasteiger partial charge < -0.3 is 14.2 Å². The number of para-hydroxylation sites is 3. The Kier molecular flexibility index (Phi) is 11.1. The average molecular weight is 981 g/mol. The van der Waals surface area contributed by atoms with E-state index in [9.17, 15) is 0 Å². The molecule has 1 aliphatic rings. The number of hydrogen-bond donors (Lipinski definition) is 0. The van der Waals surface area contributed by atoms with E-state index < -0.39 is 0 Å². The van der Waals surface area contributed by atoms with Gasteiger partial charge >= 0.3 is 0 Å². The molecular formula is C70H68N4O. The summed E-state index contributed by atoms with van der Waals surface area (Å²) in [7, 11) is 0. The van der Waals surface area contributed by atoms with Crippen LogP contribution < -0.4 is 9.64 Å². The summed E-state index contributed by atoms with van der Waals surface area (Å²) < 4.78 is 11.8. The lowest BCUT2D eigenvalue weighted by atomic mass is 9.78. The zero-order valence-electron chi connectivity index (χ0n) is 45.7. The Morgan fingerprint density at radius 2 is 0.960 bits per heavy atom. The predicted octanol–water partition coefficient (Wildman–Crippen LogP) is 19.5. The molecule has 8 aromatic carbocycles. The van der Waals surface area contributed by atoms with E-state index in [1.165, 1.54) is 82.1 Å². The molecule has 0 bridgehead atoms. The van der Waals surface area contributed by atoms with Crippen LogP contribution in [0.2, 0.25) is 0 Å². The molecule has 0 spiro atoms. The molecule has 0 aliphatic carbocycles. The standard InChI is InChI=1S/C70H68N4O/c1-67(2,3)45-30-32-55-59-27-19-29-62-66(59)73(65-52(44-36-47(69(7,8)9)38-48(37-44)70(10,11)12)25-18-26-58(65)53-22-13-14-23-54(53)60(55)39-45)43-72(62)49-20-17-21-50(41-49)75-51-31-33-57-56-24-15-16-28-61(56)74(63(57)42-51)64-40-46(34-35-71-64)68(4,5)6/h13-42H,43H2,1-12H3. The fraction of sp³-hybridized carbons (Fsp3) is 0.243. The SMILES string of the molecule is CC(C)(C)c1cc(-c2cccc3c4ccccc4c4cc(C(C)(C)C)ccc4c4cccc5c4n(c23)CN5c2cccc(Oc3ccc4c5ccccc5n(-c5cc(C(C)(C)C)ccn5)c4c3)c2)cc(C(C)(C)C)c1. The van der Waals surface area contributed by atoms with Crippen molar-refractivity contribution in [3.63, 3.8) is 0 Å². The summed E-state index contributed by atoms with van der Waals surface area (Å²) in [4.78, 5) is 7.41. The normalized spacial score (nSPS) is 13.3. The van der Waals surface area contributed by atoms with E-state index >= 15 is 0 Å². The van der Waals surface area contributed by atoms with Crippen molar-refractivity contribution in [1.29, 1.82) is 0 Å². The average Bonchev–Trinajstić information content (AvgIpc) is 3.94. The lowest BCUT2D eigenvalue weighted by molar-refractivity contribution is 0.483. The van der Waals surface area contributed by atoms with Crippen molar-refractivity contribution in [1.82, 2.24) is 14.1 Å². The Morgan fingerprint density at radius 1 is 0.400 bits per heavy atom. The van der Waals surface area contributed by atoms with Gasteiger partial charge in [-0.2, -0.15) is 0 Å². The number of anilines is 2.